The maximum absolute atomic E-state index is 12.9. The molecule has 0 aliphatic carbocycles. The van der Waals surface area contributed by atoms with Gasteiger partial charge in [0.1, 0.15) is 23.1 Å². The van der Waals surface area contributed by atoms with E-state index >= 15 is 0 Å². The maximum atomic E-state index is 12.9. The van der Waals surface area contributed by atoms with Crippen molar-refractivity contribution < 1.29 is 43.3 Å². The molecule has 1 aliphatic heterocycles. The van der Waals surface area contributed by atoms with Crippen molar-refractivity contribution in [2.75, 3.05) is 46.0 Å². The molecule has 1 aliphatic rings. The number of nitrogens with one attached hydrogen (secondary N) is 3. The quantitative estimate of drug-likeness (QED) is 0.162. The van der Waals surface area contributed by atoms with Crippen molar-refractivity contribution in [3.05, 3.63) is 65.7 Å². The van der Waals surface area contributed by atoms with Gasteiger partial charge in [0.05, 0.1) is 31.4 Å². The van der Waals surface area contributed by atoms with Crippen LogP contribution in [-0.4, -0.2) is 110 Å². The number of rotatable bonds is 16. The second kappa shape index (κ2) is 19.4. The van der Waals surface area contributed by atoms with Crippen LogP contribution in [-0.2, 0) is 36.7 Å². The molecule has 3 amide bonds. The highest BCUT2D eigenvalue weighted by molar-refractivity contribution is 5.77. The molecule has 0 bridgehead atoms. The predicted molar refractivity (Wildman–Crippen MR) is 187 cm³/mol. The van der Waals surface area contributed by atoms with Crippen molar-refractivity contribution >= 4 is 18.1 Å². The minimum atomic E-state index is -1.01. The zero-order valence-corrected chi connectivity index (χ0v) is 30.1. The van der Waals surface area contributed by atoms with Crippen LogP contribution < -0.4 is 26.6 Å². The second-order valence-electron chi connectivity index (χ2n) is 14.2. The van der Waals surface area contributed by atoms with E-state index in [0.29, 0.717) is 44.9 Å². The van der Waals surface area contributed by atoms with Gasteiger partial charge in [0, 0.05) is 26.2 Å². The summed E-state index contributed by atoms with van der Waals surface area (Å²) in [5.41, 5.74) is 0.326. The van der Waals surface area contributed by atoms with Crippen LogP contribution in [0, 0.1) is 0 Å². The van der Waals surface area contributed by atoms with Crippen molar-refractivity contribution in [2.24, 2.45) is 5.90 Å². The Kier molecular flexibility index (Phi) is 15.7. The molecule has 0 aromatic heterocycles. The number of amides is 3. The summed E-state index contributed by atoms with van der Waals surface area (Å²) in [7, 11) is 0. The van der Waals surface area contributed by atoms with E-state index in [0.717, 1.165) is 11.1 Å². The molecule has 14 heteroatoms. The molecule has 1 fully saturated rings. The monoisotopic (exact) mass is 701 g/mol. The molecule has 2 aromatic rings. The summed E-state index contributed by atoms with van der Waals surface area (Å²) in [6.45, 7) is 12.9. The lowest BCUT2D eigenvalue weighted by Gasteiger charge is -2.30. The third-order valence-corrected chi connectivity index (χ3v) is 7.59. The van der Waals surface area contributed by atoms with Crippen LogP contribution in [0.5, 0.6) is 5.75 Å². The Morgan fingerprint density at radius 2 is 1.36 bits per heavy atom. The van der Waals surface area contributed by atoms with Gasteiger partial charge in [0.2, 0.25) is 0 Å². The molecule has 1 saturated heterocycles. The van der Waals surface area contributed by atoms with Gasteiger partial charge < -0.3 is 44.9 Å². The number of alkyl carbamates (subject to hydrolysis) is 2. The second-order valence-corrected chi connectivity index (χ2v) is 14.2. The van der Waals surface area contributed by atoms with E-state index in [1.807, 2.05) is 42.5 Å². The largest absolute Gasteiger partial charge is 0.484 e. The number of carbonyl (C=O) groups is 3. The minimum absolute atomic E-state index is 0.0710. The van der Waals surface area contributed by atoms with Gasteiger partial charge in [-0.3, -0.25) is 9.63 Å². The molecule has 2 unspecified atom stereocenters. The first-order valence-electron chi connectivity index (χ1n) is 17.0. The van der Waals surface area contributed by atoms with Gasteiger partial charge in [-0.05, 0) is 77.6 Å². The van der Waals surface area contributed by atoms with E-state index in [1.165, 1.54) is 0 Å². The molecular formula is C36H55N5O9. The Balaban J connectivity index is 1.65. The molecule has 0 radical (unpaired) electrons. The van der Waals surface area contributed by atoms with E-state index in [9.17, 15) is 19.5 Å². The molecule has 14 nitrogen and oxygen atoms in total. The molecule has 3 rings (SSSR count). The third-order valence-electron chi connectivity index (χ3n) is 7.59. The number of carbonyl (C=O) groups excluding carboxylic acids is 3. The van der Waals surface area contributed by atoms with E-state index in [1.54, 1.807) is 58.6 Å². The van der Waals surface area contributed by atoms with Crippen molar-refractivity contribution in [1.82, 2.24) is 20.9 Å². The van der Waals surface area contributed by atoms with E-state index < -0.39 is 47.7 Å². The van der Waals surface area contributed by atoms with Crippen molar-refractivity contribution in [3.8, 4) is 5.75 Å². The van der Waals surface area contributed by atoms with Gasteiger partial charge in [-0.1, -0.05) is 42.5 Å². The zero-order chi connectivity index (χ0) is 36.7. The van der Waals surface area contributed by atoms with Crippen LogP contribution in [0.1, 0.15) is 52.7 Å². The lowest BCUT2D eigenvalue weighted by molar-refractivity contribution is -0.137. The van der Waals surface area contributed by atoms with Gasteiger partial charge in [-0.15, -0.1) is 0 Å². The van der Waals surface area contributed by atoms with Gasteiger partial charge in [-0.25, -0.2) is 15.5 Å². The molecule has 0 saturated carbocycles. The topological polar surface area (TPSA) is 183 Å². The highest BCUT2D eigenvalue weighted by Gasteiger charge is 2.29. The van der Waals surface area contributed by atoms with Crippen molar-refractivity contribution in [2.45, 2.75) is 89.9 Å². The van der Waals surface area contributed by atoms with Gasteiger partial charge in [-0.2, -0.15) is 0 Å². The fourth-order valence-corrected chi connectivity index (χ4v) is 5.17. The molecule has 2 aromatic carbocycles. The number of hydrogen-bond acceptors (Lipinski definition) is 11. The summed E-state index contributed by atoms with van der Waals surface area (Å²) in [5.74, 6) is 6.18. The first-order valence-corrected chi connectivity index (χ1v) is 17.0. The molecule has 1 heterocycles. The maximum Gasteiger partial charge on any atom is 0.407 e. The lowest BCUT2D eigenvalue weighted by atomic mass is 10.00. The van der Waals surface area contributed by atoms with Crippen LogP contribution in [0.2, 0.25) is 0 Å². The Labute approximate surface area is 295 Å². The normalized spacial score (nSPS) is 16.0. The summed E-state index contributed by atoms with van der Waals surface area (Å²) >= 11 is 0. The van der Waals surface area contributed by atoms with E-state index in [2.05, 4.69) is 16.0 Å². The fraction of sp³-hybridized carbons (Fsp3) is 0.583. The van der Waals surface area contributed by atoms with E-state index in [-0.39, 0.29) is 25.6 Å². The average molecular weight is 702 g/mol. The highest BCUT2D eigenvalue weighted by Crippen LogP contribution is 2.17. The number of morpholine rings is 1. The summed E-state index contributed by atoms with van der Waals surface area (Å²) in [5, 5.41) is 20.0. The summed E-state index contributed by atoms with van der Waals surface area (Å²) < 4.78 is 21.9. The van der Waals surface area contributed by atoms with Crippen molar-refractivity contribution in [3.63, 3.8) is 0 Å². The SMILES string of the molecule is CC(C)(C)OC(=O)NC(Cc1ccc(OCC(=O)N2CCOCC2)cc1)C(CNC[C@@H](O)[C@H](Cc1ccccc1)NC(=O)OC(C)(C)C)ON. The van der Waals surface area contributed by atoms with Crippen LogP contribution >= 0.6 is 0 Å². The molecule has 6 N–H and O–H groups in total. The smallest absolute Gasteiger partial charge is 0.407 e. The first-order chi connectivity index (χ1) is 23.6. The lowest BCUT2D eigenvalue weighted by Crippen LogP contribution is -2.54. The highest BCUT2D eigenvalue weighted by atomic mass is 16.6. The Morgan fingerprint density at radius 3 is 1.92 bits per heavy atom. The van der Waals surface area contributed by atoms with Crippen LogP contribution in [0.4, 0.5) is 9.59 Å². The van der Waals surface area contributed by atoms with Crippen LogP contribution in [0.3, 0.4) is 0 Å². The molecular weight excluding hydrogens is 646 g/mol. The van der Waals surface area contributed by atoms with Crippen LogP contribution in [0.25, 0.3) is 0 Å². The van der Waals surface area contributed by atoms with Gasteiger partial charge >= 0.3 is 12.2 Å². The van der Waals surface area contributed by atoms with Gasteiger partial charge in [0.25, 0.3) is 5.91 Å². The predicted octanol–water partition coefficient (Wildman–Crippen LogP) is 2.71. The minimum Gasteiger partial charge on any atom is -0.484 e. The van der Waals surface area contributed by atoms with Crippen LogP contribution in [0.15, 0.2) is 54.6 Å². The third kappa shape index (κ3) is 15.3. The molecule has 0 spiro atoms. The number of benzene rings is 2. The molecule has 278 valence electrons. The number of hydrogen-bond donors (Lipinski definition) is 5. The molecule has 4 atom stereocenters. The standard InChI is InChI=1S/C36H55N5O9/c1-35(2,3)48-33(44)39-28(20-25-10-8-7-9-11-25)30(42)22-38-23-31(50-37)29(40-34(45)49-36(4,5)6)21-26-12-14-27(15-13-26)47-24-32(43)41-16-18-46-19-17-41/h7-15,28-31,38,42H,16-24,37H2,1-6H3,(H,39,44)(H,40,45)/t28-,29?,30+,31?/m0/s1. The Hall–Kier alpha value is -3.95. The summed E-state index contributed by atoms with van der Waals surface area (Å²) in [6.07, 6.45) is -2.36. The summed E-state index contributed by atoms with van der Waals surface area (Å²) in [6, 6.07) is 15.4. The number of nitrogens with two attached hydrogens (primary N) is 1. The van der Waals surface area contributed by atoms with Gasteiger partial charge in [0.15, 0.2) is 6.61 Å². The number of ether oxygens (including phenoxy) is 4. The Morgan fingerprint density at radius 1 is 0.820 bits per heavy atom. The average Bonchev–Trinajstić information content (AvgIpc) is 3.04. The fourth-order valence-electron chi connectivity index (χ4n) is 5.17. The van der Waals surface area contributed by atoms with E-state index in [4.69, 9.17) is 29.7 Å². The summed E-state index contributed by atoms with van der Waals surface area (Å²) in [4.78, 5) is 45.0. The Bertz CT molecular complexity index is 1330. The molecule has 50 heavy (non-hydrogen) atoms. The zero-order valence-electron chi connectivity index (χ0n) is 30.1. The number of aliphatic hydroxyl groups excluding tert-OH is 1. The number of nitrogens with zero attached hydrogens (tertiary/aromatic N) is 1. The van der Waals surface area contributed by atoms with Crippen molar-refractivity contribution in [1.29, 1.82) is 0 Å². The first kappa shape index (κ1) is 40.5. The number of aliphatic hydroxyl groups is 1.